The third-order valence-corrected chi connectivity index (χ3v) is 3.99. The lowest BCUT2D eigenvalue weighted by Crippen LogP contribution is -2.40. The second kappa shape index (κ2) is 7.75. The van der Waals surface area contributed by atoms with E-state index in [2.05, 4.69) is 5.32 Å². The topological polar surface area (TPSA) is 58.6 Å². The zero-order valence-electron chi connectivity index (χ0n) is 13.4. The van der Waals surface area contributed by atoms with E-state index in [1.807, 2.05) is 42.5 Å². The summed E-state index contributed by atoms with van der Waals surface area (Å²) in [6.45, 7) is 2.88. The van der Waals surface area contributed by atoms with Crippen molar-refractivity contribution in [2.45, 2.75) is 6.54 Å². The number of ether oxygens (including phenoxy) is 1. The summed E-state index contributed by atoms with van der Waals surface area (Å²) in [5.74, 6) is -0.0813. The molecular formula is C19H20N2O3. The predicted molar refractivity (Wildman–Crippen MR) is 90.8 cm³/mol. The summed E-state index contributed by atoms with van der Waals surface area (Å²) >= 11 is 0. The van der Waals surface area contributed by atoms with Crippen LogP contribution in [0.15, 0.2) is 54.6 Å². The molecule has 0 saturated carbocycles. The molecule has 2 amide bonds. The van der Waals surface area contributed by atoms with Crippen molar-refractivity contribution in [2.24, 2.45) is 0 Å². The fourth-order valence-electron chi connectivity index (χ4n) is 2.59. The molecule has 0 aromatic heterocycles. The summed E-state index contributed by atoms with van der Waals surface area (Å²) in [5.41, 5.74) is 2.25. The van der Waals surface area contributed by atoms with Gasteiger partial charge in [-0.05, 0) is 29.8 Å². The predicted octanol–water partition coefficient (Wildman–Crippen LogP) is 2.09. The first kappa shape index (κ1) is 16.2. The van der Waals surface area contributed by atoms with E-state index in [1.54, 1.807) is 17.0 Å². The minimum absolute atomic E-state index is 0.0261. The average molecular weight is 324 g/mol. The highest BCUT2D eigenvalue weighted by Gasteiger charge is 2.18. The number of amides is 2. The molecule has 0 unspecified atom stereocenters. The first-order valence-electron chi connectivity index (χ1n) is 8.03. The minimum Gasteiger partial charge on any atom is -0.378 e. The maximum atomic E-state index is 12.4. The highest BCUT2D eigenvalue weighted by molar-refractivity contribution is 5.95. The summed E-state index contributed by atoms with van der Waals surface area (Å²) in [5, 5.41) is 2.88. The van der Waals surface area contributed by atoms with Crippen molar-refractivity contribution in [3.8, 4) is 0 Å². The Bertz CT molecular complexity index is 692. The van der Waals surface area contributed by atoms with Gasteiger partial charge < -0.3 is 15.0 Å². The van der Waals surface area contributed by atoms with Gasteiger partial charge in [0.25, 0.3) is 11.8 Å². The molecule has 0 bridgehead atoms. The maximum Gasteiger partial charge on any atom is 0.254 e. The molecule has 5 nitrogen and oxygen atoms in total. The van der Waals surface area contributed by atoms with E-state index >= 15 is 0 Å². The molecule has 124 valence electrons. The number of nitrogens with zero attached hydrogens (tertiary/aromatic N) is 1. The van der Waals surface area contributed by atoms with Crippen molar-refractivity contribution in [1.29, 1.82) is 0 Å². The number of morpholine rings is 1. The molecule has 0 spiro atoms. The van der Waals surface area contributed by atoms with Crippen LogP contribution in [0.25, 0.3) is 0 Å². The number of carbonyl (C=O) groups is 2. The van der Waals surface area contributed by atoms with E-state index < -0.39 is 0 Å². The Labute approximate surface area is 141 Å². The van der Waals surface area contributed by atoms with Gasteiger partial charge in [0.2, 0.25) is 0 Å². The molecule has 1 N–H and O–H groups in total. The summed E-state index contributed by atoms with van der Waals surface area (Å²) in [6.07, 6.45) is 0. The van der Waals surface area contributed by atoms with Crippen LogP contribution >= 0.6 is 0 Å². The van der Waals surface area contributed by atoms with Gasteiger partial charge in [-0.15, -0.1) is 0 Å². The number of nitrogens with one attached hydrogen (secondary N) is 1. The number of carbonyl (C=O) groups excluding carboxylic acids is 2. The number of hydrogen-bond acceptors (Lipinski definition) is 3. The van der Waals surface area contributed by atoms with Crippen LogP contribution in [0.1, 0.15) is 26.3 Å². The maximum absolute atomic E-state index is 12.4. The zero-order chi connectivity index (χ0) is 16.8. The van der Waals surface area contributed by atoms with Crippen molar-refractivity contribution < 1.29 is 14.3 Å². The molecule has 0 radical (unpaired) electrons. The fraction of sp³-hybridized carbons (Fsp3) is 0.263. The molecule has 2 aromatic carbocycles. The van der Waals surface area contributed by atoms with Gasteiger partial charge in [-0.25, -0.2) is 0 Å². The van der Waals surface area contributed by atoms with E-state index in [9.17, 15) is 9.59 Å². The highest BCUT2D eigenvalue weighted by Crippen LogP contribution is 2.10. The Kier molecular flexibility index (Phi) is 5.23. The van der Waals surface area contributed by atoms with Crippen molar-refractivity contribution in [1.82, 2.24) is 10.2 Å². The average Bonchev–Trinajstić information content (AvgIpc) is 2.67. The fourth-order valence-corrected chi connectivity index (χ4v) is 2.59. The quantitative estimate of drug-likeness (QED) is 0.937. The van der Waals surface area contributed by atoms with Gasteiger partial charge in [-0.2, -0.15) is 0 Å². The molecular weight excluding hydrogens is 304 g/mol. The molecule has 1 heterocycles. The molecule has 3 rings (SSSR count). The van der Waals surface area contributed by atoms with E-state index in [-0.39, 0.29) is 11.8 Å². The number of rotatable bonds is 4. The molecule has 0 aliphatic carbocycles. The molecule has 0 atom stereocenters. The van der Waals surface area contributed by atoms with Crippen molar-refractivity contribution in [3.63, 3.8) is 0 Å². The van der Waals surface area contributed by atoms with Crippen LogP contribution in [0.4, 0.5) is 0 Å². The largest absolute Gasteiger partial charge is 0.378 e. The highest BCUT2D eigenvalue weighted by atomic mass is 16.5. The normalized spacial score (nSPS) is 14.2. The second-order valence-corrected chi connectivity index (χ2v) is 5.65. The molecule has 24 heavy (non-hydrogen) atoms. The Morgan fingerprint density at radius 1 is 0.917 bits per heavy atom. The van der Waals surface area contributed by atoms with Crippen LogP contribution in [0, 0.1) is 0 Å². The molecule has 2 aromatic rings. The molecule has 1 saturated heterocycles. The molecule has 1 fully saturated rings. The monoisotopic (exact) mass is 324 g/mol. The van der Waals surface area contributed by atoms with Crippen LogP contribution in [0.5, 0.6) is 0 Å². The first-order chi connectivity index (χ1) is 11.7. The van der Waals surface area contributed by atoms with Crippen molar-refractivity contribution in [3.05, 3.63) is 71.3 Å². The summed E-state index contributed by atoms with van der Waals surface area (Å²) in [4.78, 5) is 26.2. The lowest BCUT2D eigenvalue weighted by atomic mass is 10.1. The number of hydrogen-bond donors (Lipinski definition) is 1. The first-order valence-corrected chi connectivity index (χ1v) is 8.03. The summed E-state index contributed by atoms with van der Waals surface area (Å²) in [6, 6.07) is 16.5. The Morgan fingerprint density at radius 2 is 1.58 bits per heavy atom. The smallest absolute Gasteiger partial charge is 0.254 e. The van der Waals surface area contributed by atoms with E-state index in [0.717, 1.165) is 5.56 Å². The van der Waals surface area contributed by atoms with Crippen LogP contribution in [-0.4, -0.2) is 43.0 Å². The van der Waals surface area contributed by atoms with Gasteiger partial charge in [-0.3, -0.25) is 9.59 Å². The van der Waals surface area contributed by atoms with Gasteiger partial charge in [0.15, 0.2) is 0 Å². The minimum atomic E-state index is -0.107. The van der Waals surface area contributed by atoms with Crippen LogP contribution in [0.2, 0.25) is 0 Å². The third-order valence-electron chi connectivity index (χ3n) is 3.99. The Morgan fingerprint density at radius 3 is 2.25 bits per heavy atom. The van der Waals surface area contributed by atoms with Crippen molar-refractivity contribution >= 4 is 11.8 Å². The summed E-state index contributed by atoms with van der Waals surface area (Å²) < 4.78 is 5.26. The third kappa shape index (κ3) is 4.00. The van der Waals surface area contributed by atoms with Crippen molar-refractivity contribution in [2.75, 3.05) is 26.3 Å². The van der Waals surface area contributed by atoms with Gasteiger partial charge >= 0.3 is 0 Å². The number of benzene rings is 2. The SMILES string of the molecule is O=C(NCc1ccc(C(=O)N2CCOCC2)cc1)c1ccccc1. The molecule has 5 heteroatoms. The van der Waals surface area contributed by atoms with E-state index in [0.29, 0.717) is 44.0 Å². The van der Waals surface area contributed by atoms with Gasteiger partial charge in [0, 0.05) is 30.8 Å². The zero-order valence-corrected chi connectivity index (χ0v) is 13.4. The van der Waals surface area contributed by atoms with Crippen LogP contribution in [-0.2, 0) is 11.3 Å². The van der Waals surface area contributed by atoms with Gasteiger partial charge in [-0.1, -0.05) is 30.3 Å². The standard InChI is InChI=1S/C19H20N2O3/c22-18(16-4-2-1-3-5-16)20-14-15-6-8-17(9-7-15)19(23)21-10-12-24-13-11-21/h1-9H,10-14H2,(H,20,22). The van der Waals surface area contributed by atoms with Crippen LogP contribution < -0.4 is 5.32 Å². The van der Waals surface area contributed by atoms with Gasteiger partial charge in [0.05, 0.1) is 13.2 Å². The van der Waals surface area contributed by atoms with Gasteiger partial charge in [0.1, 0.15) is 0 Å². The molecule has 1 aliphatic rings. The summed E-state index contributed by atoms with van der Waals surface area (Å²) in [7, 11) is 0. The Balaban J connectivity index is 1.56. The van der Waals surface area contributed by atoms with E-state index in [4.69, 9.17) is 4.74 Å². The second-order valence-electron chi connectivity index (χ2n) is 5.65. The molecule has 1 aliphatic heterocycles. The lowest BCUT2D eigenvalue weighted by Gasteiger charge is -2.26. The Hall–Kier alpha value is -2.66. The lowest BCUT2D eigenvalue weighted by molar-refractivity contribution is 0.0303. The van der Waals surface area contributed by atoms with Crippen LogP contribution in [0.3, 0.4) is 0 Å². The van der Waals surface area contributed by atoms with E-state index in [1.165, 1.54) is 0 Å².